The Hall–Kier alpha value is -1.15. The van der Waals surface area contributed by atoms with E-state index >= 15 is 0 Å². The van der Waals surface area contributed by atoms with Crippen LogP contribution < -0.4 is 0 Å². The Kier molecular flexibility index (Phi) is 2.87. The fourth-order valence-electron chi connectivity index (χ4n) is 2.16. The lowest BCUT2D eigenvalue weighted by Crippen LogP contribution is -2.19. The topological polar surface area (TPSA) is 20.3 Å². The first kappa shape index (κ1) is 10.4. The van der Waals surface area contributed by atoms with Gasteiger partial charge in [-0.15, -0.1) is 0 Å². The largest absolute Gasteiger partial charge is 0.309 e. The monoisotopic (exact) mass is 203 g/mol. The molecule has 2 heteroatoms. The number of carbonyl (C=O) groups is 1. The summed E-state index contributed by atoms with van der Waals surface area (Å²) in [5.41, 5.74) is 2.17. The molecule has 0 bridgehead atoms. The summed E-state index contributed by atoms with van der Waals surface area (Å²) in [6.45, 7) is 0.990. The predicted molar refractivity (Wildman–Crippen MR) is 61.1 cm³/mol. The second-order valence-electron chi connectivity index (χ2n) is 4.51. The lowest BCUT2D eigenvalue weighted by Gasteiger charge is -2.12. The van der Waals surface area contributed by atoms with Crippen LogP contribution in [-0.2, 0) is 6.42 Å². The van der Waals surface area contributed by atoms with Crippen molar-refractivity contribution in [3.8, 4) is 0 Å². The van der Waals surface area contributed by atoms with Crippen LogP contribution in [0, 0.1) is 5.92 Å². The van der Waals surface area contributed by atoms with Crippen LogP contribution in [-0.4, -0.2) is 31.3 Å². The molecule has 0 aliphatic heterocycles. The summed E-state index contributed by atoms with van der Waals surface area (Å²) < 4.78 is 0. The van der Waals surface area contributed by atoms with Crippen molar-refractivity contribution in [2.75, 3.05) is 20.6 Å². The average Bonchev–Trinajstić information content (AvgIpc) is 2.54. The van der Waals surface area contributed by atoms with Gasteiger partial charge in [0.1, 0.15) is 0 Å². The molecular formula is C13H17NO. The Morgan fingerprint density at radius 2 is 2.07 bits per heavy atom. The zero-order valence-electron chi connectivity index (χ0n) is 9.36. The number of nitrogens with zero attached hydrogens (tertiary/aromatic N) is 1. The van der Waals surface area contributed by atoms with E-state index in [1.807, 2.05) is 32.3 Å². The summed E-state index contributed by atoms with van der Waals surface area (Å²) in [5.74, 6) is 0.553. The highest BCUT2D eigenvalue weighted by atomic mass is 16.1. The molecule has 0 radical (unpaired) electrons. The highest BCUT2D eigenvalue weighted by Gasteiger charge is 2.29. The molecule has 0 amide bonds. The maximum Gasteiger partial charge on any atom is 0.166 e. The zero-order chi connectivity index (χ0) is 10.8. The summed E-state index contributed by atoms with van der Waals surface area (Å²) >= 11 is 0. The minimum Gasteiger partial charge on any atom is -0.309 e. The minimum absolute atomic E-state index is 0.213. The fourth-order valence-corrected chi connectivity index (χ4v) is 2.16. The smallest absolute Gasteiger partial charge is 0.166 e. The molecule has 1 aliphatic carbocycles. The van der Waals surface area contributed by atoms with Crippen molar-refractivity contribution in [1.29, 1.82) is 0 Å². The number of hydrogen-bond acceptors (Lipinski definition) is 2. The molecule has 0 heterocycles. The van der Waals surface area contributed by atoms with Gasteiger partial charge in [-0.25, -0.2) is 0 Å². The van der Waals surface area contributed by atoms with Crippen LogP contribution in [0.25, 0.3) is 0 Å². The number of carbonyl (C=O) groups excluding carboxylic acids is 1. The fraction of sp³-hybridized carbons (Fsp3) is 0.462. The zero-order valence-corrected chi connectivity index (χ0v) is 9.36. The van der Waals surface area contributed by atoms with E-state index in [9.17, 15) is 4.79 Å². The number of benzene rings is 1. The molecule has 15 heavy (non-hydrogen) atoms. The number of Topliss-reactive ketones (excluding diaryl/α,β-unsaturated/α-hetero) is 1. The first-order valence-corrected chi connectivity index (χ1v) is 5.45. The quantitative estimate of drug-likeness (QED) is 0.748. The molecule has 0 unspecified atom stereocenters. The van der Waals surface area contributed by atoms with Crippen molar-refractivity contribution < 1.29 is 4.79 Å². The van der Waals surface area contributed by atoms with Gasteiger partial charge in [-0.3, -0.25) is 4.79 Å². The number of ketones is 1. The highest BCUT2D eigenvalue weighted by Crippen LogP contribution is 2.28. The van der Waals surface area contributed by atoms with E-state index in [2.05, 4.69) is 11.0 Å². The molecule has 1 aromatic carbocycles. The molecular weight excluding hydrogens is 186 g/mol. The van der Waals surface area contributed by atoms with Gasteiger partial charge in [0.2, 0.25) is 0 Å². The molecule has 0 aromatic heterocycles. The SMILES string of the molecule is CN(C)CC[C@@H]1Cc2ccccc2C1=O. The van der Waals surface area contributed by atoms with E-state index in [1.165, 1.54) is 5.56 Å². The molecule has 0 fully saturated rings. The summed E-state index contributed by atoms with van der Waals surface area (Å²) in [6.07, 6.45) is 1.91. The van der Waals surface area contributed by atoms with Crippen LogP contribution in [0.2, 0.25) is 0 Å². The maximum absolute atomic E-state index is 12.0. The standard InChI is InChI=1S/C13H17NO/c1-14(2)8-7-11-9-10-5-3-4-6-12(10)13(11)15/h3-6,11H,7-9H2,1-2H3/t11-/m1/s1. The lowest BCUT2D eigenvalue weighted by atomic mass is 10.0. The van der Waals surface area contributed by atoms with Crippen LogP contribution in [0.4, 0.5) is 0 Å². The van der Waals surface area contributed by atoms with Crippen molar-refractivity contribution in [1.82, 2.24) is 4.90 Å². The Morgan fingerprint density at radius 1 is 1.33 bits per heavy atom. The maximum atomic E-state index is 12.0. The van der Waals surface area contributed by atoms with Crippen LogP contribution >= 0.6 is 0 Å². The van der Waals surface area contributed by atoms with Gasteiger partial charge in [-0.05, 0) is 39.0 Å². The molecule has 2 nitrogen and oxygen atoms in total. The summed E-state index contributed by atoms with van der Waals surface area (Å²) in [4.78, 5) is 14.1. The van der Waals surface area contributed by atoms with Gasteiger partial charge in [0.25, 0.3) is 0 Å². The second-order valence-corrected chi connectivity index (χ2v) is 4.51. The van der Waals surface area contributed by atoms with Gasteiger partial charge in [0.05, 0.1) is 0 Å². The third-order valence-electron chi connectivity index (χ3n) is 3.04. The molecule has 0 N–H and O–H groups in total. The van der Waals surface area contributed by atoms with E-state index < -0.39 is 0 Å². The first-order valence-electron chi connectivity index (χ1n) is 5.45. The molecule has 2 rings (SSSR count). The first-order chi connectivity index (χ1) is 7.18. The third-order valence-corrected chi connectivity index (χ3v) is 3.04. The van der Waals surface area contributed by atoms with E-state index in [0.29, 0.717) is 5.78 Å². The number of hydrogen-bond donors (Lipinski definition) is 0. The average molecular weight is 203 g/mol. The van der Waals surface area contributed by atoms with E-state index in [4.69, 9.17) is 0 Å². The number of rotatable bonds is 3. The normalized spacial score (nSPS) is 19.7. The summed E-state index contributed by atoms with van der Waals surface area (Å²) in [6, 6.07) is 7.99. The van der Waals surface area contributed by atoms with Crippen LogP contribution in [0.3, 0.4) is 0 Å². The molecule has 0 saturated carbocycles. The number of fused-ring (bicyclic) bond motifs is 1. The van der Waals surface area contributed by atoms with Crippen molar-refractivity contribution in [3.63, 3.8) is 0 Å². The van der Waals surface area contributed by atoms with Gasteiger partial charge in [0, 0.05) is 11.5 Å². The molecule has 0 spiro atoms. The van der Waals surface area contributed by atoms with E-state index in [1.54, 1.807) is 0 Å². The summed E-state index contributed by atoms with van der Waals surface area (Å²) in [7, 11) is 4.10. The van der Waals surface area contributed by atoms with E-state index in [-0.39, 0.29) is 5.92 Å². The Morgan fingerprint density at radius 3 is 2.73 bits per heavy atom. The Labute approximate surface area is 90.9 Å². The van der Waals surface area contributed by atoms with Crippen molar-refractivity contribution in [3.05, 3.63) is 35.4 Å². The second kappa shape index (κ2) is 4.15. The van der Waals surface area contributed by atoms with Gasteiger partial charge in [-0.2, -0.15) is 0 Å². The van der Waals surface area contributed by atoms with Gasteiger partial charge in [0.15, 0.2) is 5.78 Å². The molecule has 1 atom stereocenters. The van der Waals surface area contributed by atoms with Crippen LogP contribution in [0.1, 0.15) is 22.3 Å². The van der Waals surface area contributed by atoms with E-state index in [0.717, 1.165) is 24.9 Å². The predicted octanol–water partition coefficient (Wildman–Crippen LogP) is 1.99. The lowest BCUT2D eigenvalue weighted by molar-refractivity contribution is 0.0925. The Balaban J connectivity index is 2.07. The van der Waals surface area contributed by atoms with Crippen LogP contribution in [0.15, 0.2) is 24.3 Å². The van der Waals surface area contributed by atoms with Gasteiger partial charge >= 0.3 is 0 Å². The minimum atomic E-state index is 0.213. The molecule has 80 valence electrons. The molecule has 1 aliphatic rings. The molecule has 0 saturated heterocycles. The van der Waals surface area contributed by atoms with Crippen LogP contribution in [0.5, 0.6) is 0 Å². The van der Waals surface area contributed by atoms with Crippen molar-refractivity contribution in [2.45, 2.75) is 12.8 Å². The highest BCUT2D eigenvalue weighted by molar-refractivity contribution is 6.02. The third kappa shape index (κ3) is 2.10. The Bertz CT molecular complexity index is 371. The molecule has 1 aromatic rings. The van der Waals surface area contributed by atoms with Crippen molar-refractivity contribution in [2.24, 2.45) is 5.92 Å². The van der Waals surface area contributed by atoms with Gasteiger partial charge < -0.3 is 4.90 Å². The summed E-state index contributed by atoms with van der Waals surface area (Å²) in [5, 5.41) is 0. The van der Waals surface area contributed by atoms with Gasteiger partial charge in [-0.1, -0.05) is 24.3 Å². The van der Waals surface area contributed by atoms with Crippen molar-refractivity contribution >= 4 is 5.78 Å².